The predicted octanol–water partition coefficient (Wildman–Crippen LogP) is 12.1. The second-order valence-electron chi connectivity index (χ2n) is 12.0. The quantitative estimate of drug-likeness (QED) is 0.136. The summed E-state index contributed by atoms with van der Waals surface area (Å²) in [7, 11) is 0. The van der Waals surface area contributed by atoms with Crippen LogP contribution in [0.5, 0.6) is 0 Å². The van der Waals surface area contributed by atoms with Crippen molar-refractivity contribution in [2.45, 2.75) is 0 Å². The summed E-state index contributed by atoms with van der Waals surface area (Å²) in [4.78, 5) is 0. The molecule has 0 fully saturated rings. The van der Waals surface area contributed by atoms with Gasteiger partial charge in [-0.3, -0.25) is 0 Å². The minimum absolute atomic E-state index is 1.30. The van der Waals surface area contributed by atoms with Gasteiger partial charge in [-0.15, -0.1) is 0 Å². The highest BCUT2D eigenvalue weighted by Crippen LogP contribution is 2.55. The van der Waals surface area contributed by atoms with Crippen LogP contribution in [0, 0.1) is 0 Å². The van der Waals surface area contributed by atoms with Gasteiger partial charge in [0, 0.05) is 0 Å². The van der Waals surface area contributed by atoms with Gasteiger partial charge in [0.05, 0.1) is 0 Å². The SMILES string of the molecule is c1ccc2c(c1)ccc1c2c2cc3ccccc3c3c4c5ccc6ccccc6c5c5cc6ccccc6c(c1c23)c54. The van der Waals surface area contributed by atoms with Crippen LogP contribution in [0.15, 0.2) is 133 Å². The van der Waals surface area contributed by atoms with Gasteiger partial charge in [-0.25, -0.2) is 0 Å². The summed E-state index contributed by atoms with van der Waals surface area (Å²) in [6, 6.07) is 50.1. The molecular weight excluding hydrogens is 504 g/mol. The Morgan fingerprint density at radius 1 is 0.190 bits per heavy atom. The van der Waals surface area contributed by atoms with E-state index in [9.17, 15) is 0 Å². The zero-order valence-corrected chi connectivity index (χ0v) is 22.7. The smallest absolute Gasteiger partial charge is 0.000674 e. The molecule has 0 nitrogen and oxygen atoms in total. The lowest BCUT2D eigenvalue weighted by Crippen LogP contribution is -1.84. The van der Waals surface area contributed by atoms with Crippen molar-refractivity contribution in [1.29, 1.82) is 0 Å². The highest BCUT2D eigenvalue weighted by atomic mass is 14.3. The first-order valence-corrected chi connectivity index (χ1v) is 14.8. The summed E-state index contributed by atoms with van der Waals surface area (Å²) in [5.41, 5.74) is 0. The standard InChI is InChI=1S/C42H22/c1-5-13-27-23(9-1)17-19-31-35(27)33-21-25-11-3-7-15-29(25)38-40-32-20-18-24-10-2-6-14-28(24)36(32)34-22-26-12-4-8-16-30(26)37(42(34)40)39(31)41(33)38/h1-22H. The lowest BCUT2D eigenvalue weighted by molar-refractivity contribution is 1.81. The molecule has 11 aromatic rings. The molecule has 0 saturated carbocycles. The second-order valence-corrected chi connectivity index (χ2v) is 12.0. The van der Waals surface area contributed by atoms with Crippen LogP contribution in [0.1, 0.15) is 0 Å². The summed E-state index contributed by atoms with van der Waals surface area (Å²) in [6.45, 7) is 0. The maximum Gasteiger partial charge on any atom is -0.000674 e. The molecule has 0 unspecified atom stereocenters. The zero-order valence-electron chi connectivity index (χ0n) is 22.7. The van der Waals surface area contributed by atoms with Gasteiger partial charge in [0.1, 0.15) is 0 Å². The van der Waals surface area contributed by atoms with Crippen LogP contribution in [-0.4, -0.2) is 0 Å². The molecule has 0 radical (unpaired) electrons. The maximum atomic E-state index is 2.46. The molecule has 11 aromatic carbocycles. The molecule has 0 aliphatic carbocycles. The number of hydrogen-bond acceptors (Lipinski definition) is 0. The fraction of sp³-hybridized carbons (Fsp3) is 0. The van der Waals surface area contributed by atoms with Crippen molar-refractivity contribution in [2.24, 2.45) is 0 Å². The van der Waals surface area contributed by atoms with Crippen molar-refractivity contribution in [2.75, 3.05) is 0 Å². The van der Waals surface area contributed by atoms with Gasteiger partial charge in [-0.1, -0.05) is 121 Å². The van der Waals surface area contributed by atoms with Crippen molar-refractivity contribution < 1.29 is 0 Å². The Morgan fingerprint density at radius 2 is 0.500 bits per heavy atom. The van der Waals surface area contributed by atoms with E-state index >= 15 is 0 Å². The van der Waals surface area contributed by atoms with Gasteiger partial charge in [-0.05, 0) is 120 Å². The molecule has 0 amide bonds. The number of fused-ring (bicyclic) bond motifs is 16. The summed E-state index contributed by atoms with van der Waals surface area (Å²) in [5.74, 6) is 0. The topological polar surface area (TPSA) is 0 Å². The fourth-order valence-electron chi connectivity index (χ4n) is 8.46. The maximum absolute atomic E-state index is 2.46. The lowest BCUT2D eigenvalue weighted by Gasteiger charge is -2.13. The largest absolute Gasteiger partial charge is 0.0616 e. The molecule has 0 aliphatic rings. The van der Waals surface area contributed by atoms with Crippen molar-refractivity contribution in [3.63, 3.8) is 0 Å². The Kier molecular flexibility index (Phi) is 3.67. The Labute approximate surface area is 240 Å². The summed E-state index contributed by atoms with van der Waals surface area (Å²) in [6.07, 6.45) is 0. The normalized spacial score (nSPS) is 12.8. The van der Waals surface area contributed by atoms with Gasteiger partial charge < -0.3 is 0 Å². The third kappa shape index (κ3) is 2.35. The molecule has 0 N–H and O–H groups in total. The minimum Gasteiger partial charge on any atom is -0.0616 e. The average molecular weight is 527 g/mol. The van der Waals surface area contributed by atoms with E-state index in [0.717, 1.165) is 0 Å². The Hall–Kier alpha value is -5.46. The lowest BCUT2D eigenvalue weighted by atomic mass is 9.89. The van der Waals surface area contributed by atoms with Crippen LogP contribution < -0.4 is 0 Å². The van der Waals surface area contributed by atoms with Crippen LogP contribution in [0.25, 0.3) is 108 Å². The first-order chi connectivity index (χ1) is 20.9. The zero-order chi connectivity index (χ0) is 27.1. The van der Waals surface area contributed by atoms with E-state index in [1.165, 1.54) is 108 Å². The molecule has 0 heteroatoms. The van der Waals surface area contributed by atoms with E-state index in [1.807, 2.05) is 0 Å². The molecule has 0 spiro atoms. The molecule has 190 valence electrons. The van der Waals surface area contributed by atoms with E-state index in [1.54, 1.807) is 0 Å². The van der Waals surface area contributed by atoms with Gasteiger partial charge in [0.25, 0.3) is 0 Å². The van der Waals surface area contributed by atoms with Crippen molar-refractivity contribution in [1.82, 2.24) is 0 Å². The van der Waals surface area contributed by atoms with E-state index in [0.29, 0.717) is 0 Å². The molecule has 11 rings (SSSR count). The highest BCUT2D eigenvalue weighted by Gasteiger charge is 2.26. The van der Waals surface area contributed by atoms with Gasteiger partial charge in [0.2, 0.25) is 0 Å². The van der Waals surface area contributed by atoms with E-state index in [-0.39, 0.29) is 0 Å². The van der Waals surface area contributed by atoms with Gasteiger partial charge in [0.15, 0.2) is 0 Å². The van der Waals surface area contributed by atoms with Crippen LogP contribution in [0.4, 0.5) is 0 Å². The Bertz CT molecular complexity index is 2740. The minimum atomic E-state index is 1.30. The van der Waals surface area contributed by atoms with Gasteiger partial charge >= 0.3 is 0 Å². The van der Waals surface area contributed by atoms with Crippen LogP contribution in [-0.2, 0) is 0 Å². The molecule has 0 bridgehead atoms. The second kappa shape index (κ2) is 7.24. The number of hydrogen-bond donors (Lipinski definition) is 0. The molecule has 0 atom stereocenters. The van der Waals surface area contributed by atoms with E-state index in [2.05, 4.69) is 133 Å². The van der Waals surface area contributed by atoms with Crippen LogP contribution in [0.3, 0.4) is 0 Å². The Morgan fingerprint density at radius 3 is 0.929 bits per heavy atom. The number of rotatable bonds is 0. The average Bonchev–Trinajstić information content (AvgIpc) is 3.56. The van der Waals surface area contributed by atoms with Crippen molar-refractivity contribution in [3.05, 3.63) is 133 Å². The molecular formula is C42H22. The van der Waals surface area contributed by atoms with E-state index < -0.39 is 0 Å². The van der Waals surface area contributed by atoms with Gasteiger partial charge in [-0.2, -0.15) is 0 Å². The predicted molar refractivity (Wildman–Crippen MR) is 184 cm³/mol. The first kappa shape index (κ1) is 21.3. The highest BCUT2D eigenvalue weighted by molar-refractivity contribution is 6.55. The molecule has 0 saturated heterocycles. The van der Waals surface area contributed by atoms with Crippen molar-refractivity contribution in [3.8, 4) is 0 Å². The van der Waals surface area contributed by atoms with Crippen LogP contribution in [0.2, 0.25) is 0 Å². The Balaban J connectivity index is 1.62. The monoisotopic (exact) mass is 526 g/mol. The van der Waals surface area contributed by atoms with Crippen LogP contribution >= 0.6 is 0 Å². The molecule has 0 heterocycles. The summed E-state index contributed by atoms with van der Waals surface area (Å²) in [5, 5.41) is 27.2. The first-order valence-electron chi connectivity index (χ1n) is 14.8. The van der Waals surface area contributed by atoms with E-state index in [4.69, 9.17) is 0 Å². The molecule has 0 aromatic heterocycles. The number of benzene rings is 9. The molecule has 0 aliphatic heterocycles. The summed E-state index contributed by atoms with van der Waals surface area (Å²) >= 11 is 0. The van der Waals surface area contributed by atoms with Crippen molar-refractivity contribution >= 4 is 108 Å². The third-order valence-electron chi connectivity index (χ3n) is 10.0. The third-order valence-corrected chi connectivity index (χ3v) is 10.0. The summed E-state index contributed by atoms with van der Waals surface area (Å²) < 4.78 is 0. The molecule has 42 heavy (non-hydrogen) atoms. The fourth-order valence-corrected chi connectivity index (χ4v) is 8.46.